The number of rotatable bonds is 0. The summed E-state index contributed by atoms with van der Waals surface area (Å²) in [6, 6.07) is 6.24. The fraction of sp³-hybridized carbons (Fsp3) is 0.462. The van der Waals surface area contributed by atoms with Crippen molar-refractivity contribution in [3.05, 3.63) is 35.7 Å². The first-order chi connectivity index (χ1) is 7.25. The van der Waals surface area contributed by atoms with Gasteiger partial charge in [0.25, 0.3) is 0 Å². The van der Waals surface area contributed by atoms with Crippen LogP contribution in [0, 0.1) is 13.8 Å². The van der Waals surface area contributed by atoms with E-state index in [1.807, 2.05) is 45.3 Å². The van der Waals surface area contributed by atoms with Crippen LogP contribution >= 0.6 is 0 Å². The van der Waals surface area contributed by atoms with Crippen molar-refractivity contribution in [2.24, 2.45) is 0 Å². The fourth-order valence-electron chi connectivity index (χ4n) is 1.22. The van der Waals surface area contributed by atoms with Crippen LogP contribution in [-0.2, 0) is 0 Å². The molecule has 0 saturated heterocycles. The summed E-state index contributed by atoms with van der Waals surface area (Å²) < 4.78 is 1.91. The normalized spacial score (nSPS) is 8.67. The van der Waals surface area contributed by atoms with E-state index in [4.69, 9.17) is 0 Å². The minimum atomic E-state index is 1.07. The van der Waals surface area contributed by atoms with Crippen molar-refractivity contribution >= 4 is 5.52 Å². The number of aryl methyl sites for hydroxylation is 2. The van der Waals surface area contributed by atoms with Gasteiger partial charge in [-0.15, -0.1) is 0 Å². The van der Waals surface area contributed by atoms with E-state index in [1.54, 1.807) is 0 Å². The van der Waals surface area contributed by atoms with Crippen LogP contribution in [0.4, 0.5) is 0 Å². The number of aromatic nitrogens is 2. The molecule has 0 aliphatic carbocycles. The smallest absolute Gasteiger partial charge is 0.0664 e. The fourth-order valence-corrected chi connectivity index (χ4v) is 1.22. The van der Waals surface area contributed by atoms with Crippen molar-refractivity contribution in [3.8, 4) is 0 Å². The van der Waals surface area contributed by atoms with Gasteiger partial charge >= 0.3 is 0 Å². The van der Waals surface area contributed by atoms with E-state index < -0.39 is 0 Å². The Bertz CT molecular complexity index is 388. The van der Waals surface area contributed by atoms with Crippen molar-refractivity contribution < 1.29 is 0 Å². The molecule has 0 radical (unpaired) electrons. The number of nitrogens with zero attached hydrogens (tertiary/aromatic N) is 2. The molecule has 2 heteroatoms. The quantitative estimate of drug-likeness (QED) is 0.636. The van der Waals surface area contributed by atoms with Crippen LogP contribution in [0.5, 0.6) is 0 Å². The predicted molar refractivity (Wildman–Crippen MR) is 67.4 cm³/mol. The van der Waals surface area contributed by atoms with Crippen LogP contribution in [0.2, 0.25) is 0 Å². The molecular formula is C13H22N2. The molecule has 15 heavy (non-hydrogen) atoms. The monoisotopic (exact) mass is 206 g/mol. The lowest BCUT2D eigenvalue weighted by Crippen LogP contribution is -1.86. The maximum atomic E-state index is 4.29. The summed E-state index contributed by atoms with van der Waals surface area (Å²) in [5.74, 6) is 0. The Morgan fingerprint density at radius 3 is 2.20 bits per heavy atom. The molecule has 2 aromatic rings. The van der Waals surface area contributed by atoms with Crippen LogP contribution in [0.15, 0.2) is 24.4 Å². The molecule has 0 spiro atoms. The molecule has 0 fully saturated rings. The summed E-state index contributed by atoms with van der Waals surface area (Å²) in [5, 5.41) is 4.29. The van der Waals surface area contributed by atoms with Crippen LogP contribution in [0.25, 0.3) is 5.52 Å². The van der Waals surface area contributed by atoms with Gasteiger partial charge in [0.1, 0.15) is 0 Å². The number of fused-ring (bicyclic) bond motifs is 1. The molecule has 2 nitrogen and oxygen atoms in total. The largest absolute Gasteiger partial charge is 0.240 e. The van der Waals surface area contributed by atoms with E-state index >= 15 is 0 Å². The first-order valence-corrected chi connectivity index (χ1v) is 5.68. The summed E-state index contributed by atoms with van der Waals surface area (Å²) in [7, 11) is 0. The van der Waals surface area contributed by atoms with E-state index in [2.05, 4.69) is 30.2 Å². The Kier molecular flexibility index (Phi) is 6.43. The van der Waals surface area contributed by atoms with Crippen LogP contribution in [0.3, 0.4) is 0 Å². The van der Waals surface area contributed by atoms with Crippen molar-refractivity contribution in [2.45, 2.75) is 41.5 Å². The van der Waals surface area contributed by atoms with Crippen molar-refractivity contribution in [1.82, 2.24) is 9.61 Å². The van der Waals surface area contributed by atoms with Gasteiger partial charge < -0.3 is 0 Å². The molecule has 0 bridgehead atoms. The molecule has 0 unspecified atom stereocenters. The second kappa shape index (κ2) is 7.04. The zero-order chi connectivity index (χ0) is 11.8. The van der Waals surface area contributed by atoms with Crippen molar-refractivity contribution in [2.75, 3.05) is 0 Å². The Morgan fingerprint density at radius 2 is 1.60 bits per heavy atom. The third-order valence-corrected chi connectivity index (χ3v) is 1.73. The Morgan fingerprint density at radius 1 is 1.00 bits per heavy atom. The summed E-state index contributed by atoms with van der Waals surface area (Å²) >= 11 is 0. The third-order valence-electron chi connectivity index (χ3n) is 1.73. The highest BCUT2D eigenvalue weighted by atomic mass is 15.2. The maximum absolute atomic E-state index is 4.29. The molecular weight excluding hydrogens is 184 g/mol. The van der Waals surface area contributed by atoms with Crippen molar-refractivity contribution in [3.63, 3.8) is 0 Å². The molecule has 0 amide bonds. The van der Waals surface area contributed by atoms with E-state index in [0.29, 0.717) is 0 Å². The highest BCUT2D eigenvalue weighted by molar-refractivity contribution is 5.47. The van der Waals surface area contributed by atoms with E-state index in [0.717, 1.165) is 11.2 Å². The third kappa shape index (κ3) is 3.74. The lowest BCUT2D eigenvalue weighted by atomic mass is 10.3. The molecule has 0 aliphatic rings. The molecule has 84 valence electrons. The van der Waals surface area contributed by atoms with Gasteiger partial charge in [0.2, 0.25) is 0 Å². The average molecular weight is 206 g/mol. The van der Waals surface area contributed by atoms with Gasteiger partial charge in [-0.2, -0.15) is 5.10 Å². The zero-order valence-electron chi connectivity index (χ0n) is 10.7. The van der Waals surface area contributed by atoms with E-state index in [1.165, 1.54) is 5.56 Å². The molecule has 0 N–H and O–H groups in total. The summed E-state index contributed by atoms with van der Waals surface area (Å²) in [5.41, 5.74) is 3.46. The topological polar surface area (TPSA) is 17.3 Å². The summed E-state index contributed by atoms with van der Waals surface area (Å²) in [6.07, 6.45) is 2.03. The highest BCUT2D eigenvalue weighted by Crippen LogP contribution is 2.06. The predicted octanol–water partition coefficient (Wildman–Crippen LogP) is 4.00. The van der Waals surface area contributed by atoms with Gasteiger partial charge in [-0.1, -0.05) is 33.8 Å². The van der Waals surface area contributed by atoms with Crippen LogP contribution < -0.4 is 0 Å². The molecule has 0 atom stereocenters. The summed E-state index contributed by atoms with van der Waals surface area (Å²) in [4.78, 5) is 0. The molecule has 2 heterocycles. The molecule has 0 aromatic carbocycles. The molecule has 2 aromatic heterocycles. The minimum absolute atomic E-state index is 1.07. The minimum Gasteiger partial charge on any atom is -0.240 e. The molecule has 0 aliphatic heterocycles. The standard InChI is InChI=1S/C9H10N2.2C2H6/c1-7-3-4-9-5-8(2)10-11(9)6-7;2*1-2/h3-6H,1-2H3;2*1-2H3. The van der Waals surface area contributed by atoms with Gasteiger partial charge in [-0.25, -0.2) is 4.52 Å². The Hall–Kier alpha value is -1.31. The highest BCUT2D eigenvalue weighted by Gasteiger charge is 1.94. The first kappa shape index (κ1) is 13.7. The van der Waals surface area contributed by atoms with Gasteiger partial charge in [-0.05, 0) is 31.5 Å². The lowest BCUT2D eigenvalue weighted by Gasteiger charge is -1.92. The van der Waals surface area contributed by atoms with Crippen molar-refractivity contribution in [1.29, 1.82) is 0 Å². The number of pyridine rings is 1. The van der Waals surface area contributed by atoms with Crippen LogP contribution in [0.1, 0.15) is 39.0 Å². The second-order valence-corrected chi connectivity index (χ2v) is 2.86. The van der Waals surface area contributed by atoms with Crippen LogP contribution in [-0.4, -0.2) is 9.61 Å². The number of hydrogen-bond donors (Lipinski definition) is 0. The Labute approximate surface area is 92.9 Å². The lowest BCUT2D eigenvalue weighted by molar-refractivity contribution is 0.926. The van der Waals surface area contributed by atoms with Gasteiger partial charge in [0, 0.05) is 6.20 Å². The first-order valence-electron chi connectivity index (χ1n) is 5.68. The number of hydrogen-bond acceptors (Lipinski definition) is 1. The van der Waals surface area contributed by atoms with E-state index in [9.17, 15) is 0 Å². The average Bonchev–Trinajstić information content (AvgIpc) is 2.63. The summed E-state index contributed by atoms with van der Waals surface area (Å²) in [6.45, 7) is 12.1. The Balaban J connectivity index is 0.000000442. The van der Waals surface area contributed by atoms with E-state index in [-0.39, 0.29) is 0 Å². The van der Waals surface area contributed by atoms with Gasteiger partial charge in [0.05, 0.1) is 11.2 Å². The maximum Gasteiger partial charge on any atom is 0.0664 e. The second-order valence-electron chi connectivity index (χ2n) is 2.86. The van der Waals surface area contributed by atoms with Gasteiger partial charge in [-0.3, -0.25) is 0 Å². The SMILES string of the molecule is CC.CC.Cc1ccc2cc(C)nn2c1. The molecule has 2 rings (SSSR count). The van der Waals surface area contributed by atoms with Gasteiger partial charge in [0.15, 0.2) is 0 Å². The zero-order valence-corrected chi connectivity index (χ0v) is 10.7. The molecule has 0 saturated carbocycles.